The van der Waals surface area contributed by atoms with Crippen molar-refractivity contribution < 1.29 is 9.53 Å². The molecule has 0 radical (unpaired) electrons. The molecule has 1 aromatic heterocycles. The number of rotatable bonds is 3. The normalized spacial score (nSPS) is 16.7. The van der Waals surface area contributed by atoms with Gasteiger partial charge in [0.25, 0.3) is 0 Å². The number of nitrogens with zero attached hydrogens (tertiary/aromatic N) is 2. The van der Waals surface area contributed by atoms with E-state index in [9.17, 15) is 4.79 Å². The minimum absolute atomic E-state index is 0.111. The maximum atomic E-state index is 12.6. The third-order valence-electron chi connectivity index (χ3n) is 4.62. The Balaban J connectivity index is 1.77. The van der Waals surface area contributed by atoms with Crippen LogP contribution in [0.3, 0.4) is 0 Å². The molecule has 4 rings (SSSR count). The smallest absolute Gasteiger partial charge is 0.166 e. The number of ether oxygens (including phenoxy) is 1. The molecule has 0 spiro atoms. The maximum Gasteiger partial charge on any atom is 0.166 e. The number of Topliss-reactive ketones (excluding diaryl/α,β-unsaturated/α-hetero) is 1. The minimum Gasteiger partial charge on any atom is -0.496 e. The molecule has 1 atom stereocenters. The van der Waals surface area contributed by atoms with Crippen LogP contribution in [0.1, 0.15) is 34.0 Å². The van der Waals surface area contributed by atoms with E-state index in [1.807, 2.05) is 59.3 Å². The fourth-order valence-corrected chi connectivity index (χ4v) is 3.46. The van der Waals surface area contributed by atoms with Crippen LogP contribution in [0.5, 0.6) is 5.75 Å². The number of aromatic nitrogens is 2. The fraction of sp³-hybridized carbons (Fsp3) is 0.200. The maximum absolute atomic E-state index is 12.6. The number of ketones is 1. The first-order valence-electron chi connectivity index (χ1n) is 8.06. The van der Waals surface area contributed by atoms with Crippen molar-refractivity contribution in [2.45, 2.75) is 18.8 Å². The molecular formula is C20H18N2O2. The first-order chi connectivity index (χ1) is 11.8. The van der Waals surface area contributed by atoms with Gasteiger partial charge in [-0.15, -0.1) is 0 Å². The molecule has 0 N–H and O–H groups in total. The Hall–Kier alpha value is -2.88. The van der Waals surface area contributed by atoms with Gasteiger partial charge in [0.2, 0.25) is 0 Å². The average Bonchev–Trinajstić information content (AvgIpc) is 3.07. The lowest BCUT2D eigenvalue weighted by atomic mass is 9.82. The van der Waals surface area contributed by atoms with Crippen molar-refractivity contribution in [2.24, 2.45) is 0 Å². The molecule has 3 aromatic rings. The summed E-state index contributed by atoms with van der Waals surface area (Å²) in [6.07, 6.45) is 2.97. The number of methoxy groups -OCH3 is 1. The first-order valence-corrected chi connectivity index (χ1v) is 8.06. The highest BCUT2D eigenvalue weighted by Crippen LogP contribution is 2.37. The summed E-state index contributed by atoms with van der Waals surface area (Å²) >= 11 is 0. The standard InChI is InChI=1S/C20H18N2O2/c1-24-20-10-6-5-9-16(20)14-11-18-17(19(23)12-14)13-21-22(18)15-7-3-2-4-8-15/h2-10,13-14H,11-12H2,1H3. The van der Waals surface area contributed by atoms with Crippen LogP contribution in [0.4, 0.5) is 0 Å². The first kappa shape index (κ1) is 14.7. The molecular weight excluding hydrogens is 300 g/mol. The Morgan fingerprint density at radius 1 is 1.04 bits per heavy atom. The van der Waals surface area contributed by atoms with Crippen LogP contribution in [-0.2, 0) is 6.42 Å². The zero-order valence-electron chi connectivity index (χ0n) is 13.5. The summed E-state index contributed by atoms with van der Waals surface area (Å²) in [5.74, 6) is 1.10. The van der Waals surface area contributed by atoms with Crippen LogP contribution in [-0.4, -0.2) is 22.7 Å². The summed E-state index contributed by atoms with van der Waals surface area (Å²) in [6.45, 7) is 0. The Morgan fingerprint density at radius 2 is 1.79 bits per heavy atom. The Labute approximate surface area is 140 Å². The van der Waals surface area contributed by atoms with Gasteiger partial charge < -0.3 is 4.74 Å². The number of hydrogen-bond donors (Lipinski definition) is 0. The van der Waals surface area contributed by atoms with Crippen molar-refractivity contribution in [3.8, 4) is 11.4 Å². The number of benzene rings is 2. The molecule has 0 saturated carbocycles. The van der Waals surface area contributed by atoms with Gasteiger partial charge in [0.1, 0.15) is 5.75 Å². The molecule has 1 unspecified atom stereocenters. The van der Waals surface area contributed by atoms with Crippen molar-refractivity contribution >= 4 is 5.78 Å². The monoisotopic (exact) mass is 318 g/mol. The van der Waals surface area contributed by atoms with Crippen molar-refractivity contribution in [2.75, 3.05) is 7.11 Å². The fourth-order valence-electron chi connectivity index (χ4n) is 3.46. The van der Waals surface area contributed by atoms with E-state index in [0.29, 0.717) is 6.42 Å². The molecule has 4 nitrogen and oxygen atoms in total. The second-order valence-corrected chi connectivity index (χ2v) is 6.02. The van der Waals surface area contributed by atoms with E-state index in [1.165, 1.54) is 0 Å². The van der Waals surface area contributed by atoms with Gasteiger partial charge in [-0.05, 0) is 30.2 Å². The second-order valence-electron chi connectivity index (χ2n) is 6.02. The summed E-state index contributed by atoms with van der Waals surface area (Å²) in [4.78, 5) is 12.6. The summed E-state index contributed by atoms with van der Waals surface area (Å²) in [7, 11) is 1.67. The molecule has 1 aliphatic carbocycles. The van der Waals surface area contributed by atoms with Crippen molar-refractivity contribution in [3.63, 3.8) is 0 Å². The van der Waals surface area contributed by atoms with Gasteiger partial charge in [0, 0.05) is 12.3 Å². The Bertz CT molecular complexity index is 884. The molecule has 4 heteroatoms. The van der Waals surface area contributed by atoms with Gasteiger partial charge in [0.15, 0.2) is 5.78 Å². The Kier molecular flexibility index (Phi) is 3.65. The summed E-state index contributed by atoms with van der Waals surface area (Å²) in [5, 5.41) is 4.45. The highest BCUT2D eigenvalue weighted by atomic mass is 16.5. The summed E-state index contributed by atoms with van der Waals surface area (Å²) in [6, 6.07) is 17.9. The lowest BCUT2D eigenvalue weighted by Crippen LogP contribution is -2.20. The molecule has 0 saturated heterocycles. The van der Waals surface area contributed by atoms with Gasteiger partial charge in [-0.2, -0.15) is 5.10 Å². The molecule has 0 amide bonds. The average molecular weight is 318 g/mol. The highest BCUT2D eigenvalue weighted by Gasteiger charge is 2.31. The number of fused-ring (bicyclic) bond motifs is 1. The molecule has 0 aliphatic heterocycles. The van der Waals surface area contributed by atoms with Gasteiger partial charge in [0.05, 0.1) is 30.3 Å². The highest BCUT2D eigenvalue weighted by molar-refractivity contribution is 5.98. The molecule has 1 heterocycles. The number of carbonyl (C=O) groups excluding carboxylic acids is 1. The largest absolute Gasteiger partial charge is 0.496 e. The van der Waals surface area contributed by atoms with Crippen molar-refractivity contribution in [1.29, 1.82) is 0 Å². The van der Waals surface area contributed by atoms with Gasteiger partial charge >= 0.3 is 0 Å². The van der Waals surface area contributed by atoms with E-state index in [0.717, 1.165) is 34.7 Å². The minimum atomic E-state index is 0.111. The van der Waals surface area contributed by atoms with E-state index < -0.39 is 0 Å². The topological polar surface area (TPSA) is 44.1 Å². The third kappa shape index (κ3) is 2.40. The predicted molar refractivity (Wildman–Crippen MR) is 92.0 cm³/mol. The van der Waals surface area contributed by atoms with Crippen LogP contribution in [0, 0.1) is 0 Å². The number of hydrogen-bond acceptors (Lipinski definition) is 3. The van der Waals surface area contributed by atoms with E-state index >= 15 is 0 Å². The second kappa shape index (κ2) is 5.96. The van der Waals surface area contributed by atoms with Crippen LogP contribution in [0.15, 0.2) is 60.8 Å². The van der Waals surface area contributed by atoms with E-state index in [4.69, 9.17) is 4.74 Å². The Morgan fingerprint density at radius 3 is 2.58 bits per heavy atom. The molecule has 0 fully saturated rings. The van der Waals surface area contributed by atoms with Gasteiger partial charge in [-0.1, -0.05) is 36.4 Å². The van der Waals surface area contributed by atoms with E-state index in [-0.39, 0.29) is 11.7 Å². The van der Waals surface area contributed by atoms with Crippen LogP contribution < -0.4 is 4.74 Å². The van der Waals surface area contributed by atoms with Crippen LogP contribution in [0.25, 0.3) is 5.69 Å². The quantitative estimate of drug-likeness (QED) is 0.738. The van der Waals surface area contributed by atoms with Crippen LogP contribution in [0.2, 0.25) is 0 Å². The zero-order valence-corrected chi connectivity index (χ0v) is 13.5. The third-order valence-corrected chi connectivity index (χ3v) is 4.62. The van der Waals surface area contributed by atoms with Crippen molar-refractivity contribution in [3.05, 3.63) is 77.6 Å². The van der Waals surface area contributed by atoms with Gasteiger partial charge in [-0.25, -0.2) is 4.68 Å². The summed E-state index contributed by atoms with van der Waals surface area (Å²) in [5.41, 5.74) is 3.78. The number of para-hydroxylation sites is 2. The van der Waals surface area contributed by atoms with E-state index in [1.54, 1.807) is 13.3 Å². The lowest BCUT2D eigenvalue weighted by molar-refractivity contribution is 0.0963. The number of carbonyl (C=O) groups is 1. The SMILES string of the molecule is COc1ccccc1C1CC(=O)c2cnn(-c3ccccc3)c2C1. The molecule has 0 bridgehead atoms. The molecule has 2 aromatic carbocycles. The summed E-state index contributed by atoms with van der Waals surface area (Å²) < 4.78 is 7.37. The van der Waals surface area contributed by atoms with Crippen molar-refractivity contribution in [1.82, 2.24) is 9.78 Å². The van der Waals surface area contributed by atoms with Gasteiger partial charge in [-0.3, -0.25) is 4.79 Å². The zero-order chi connectivity index (χ0) is 16.5. The predicted octanol–water partition coefficient (Wildman–Crippen LogP) is 3.79. The van der Waals surface area contributed by atoms with Crippen LogP contribution >= 0.6 is 0 Å². The lowest BCUT2D eigenvalue weighted by Gasteiger charge is -2.24. The van der Waals surface area contributed by atoms with E-state index in [2.05, 4.69) is 5.10 Å². The molecule has 120 valence electrons. The molecule has 24 heavy (non-hydrogen) atoms. The molecule has 1 aliphatic rings.